The van der Waals surface area contributed by atoms with E-state index < -0.39 is 11.9 Å². The van der Waals surface area contributed by atoms with Crippen molar-refractivity contribution in [3.05, 3.63) is 70.2 Å². The summed E-state index contributed by atoms with van der Waals surface area (Å²) in [7, 11) is 1.50. The third kappa shape index (κ3) is 8.67. The molecule has 1 aromatic rings. The average Bonchev–Trinajstić information content (AvgIpc) is 3.30. The lowest BCUT2D eigenvalue weighted by Crippen LogP contribution is -2.39. The molecule has 43 heavy (non-hydrogen) atoms. The molecule has 0 aromatic heterocycles. The van der Waals surface area contributed by atoms with Crippen molar-refractivity contribution in [2.24, 2.45) is 15.0 Å². The molecule has 1 aromatic carbocycles. The number of methoxy groups -OCH3 is 1. The zero-order chi connectivity index (χ0) is 30.0. The highest BCUT2D eigenvalue weighted by molar-refractivity contribution is 8.14. The number of thioether (sulfide) groups is 1. The number of ketones is 1. The van der Waals surface area contributed by atoms with Gasteiger partial charge in [0.25, 0.3) is 0 Å². The Morgan fingerprint density at radius 1 is 1.14 bits per heavy atom. The van der Waals surface area contributed by atoms with E-state index in [0.29, 0.717) is 52.8 Å². The van der Waals surface area contributed by atoms with Crippen LogP contribution < -0.4 is 10.6 Å². The van der Waals surface area contributed by atoms with Crippen LogP contribution in [0.25, 0.3) is 0 Å². The molecule has 2 aliphatic carbocycles. The van der Waals surface area contributed by atoms with Gasteiger partial charge in [-0.2, -0.15) is 0 Å². The number of nitrogens with zero attached hydrogens (tertiary/aromatic N) is 3. The molecule has 4 aliphatic rings. The Labute approximate surface area is 263 Å². The fraction of sp³-hybridized carbons (Fsp3) is 0.515. The van der Waals surface area contributed by atoms with Crippen molar-refractivity contribution in [2.75, 3.05) is 26.0 Å². The number of carbonyl (C=O) groups is 1. The summed E-state index contributed by atoms with van der Waals surface area (Å²) >= 11 is 8.20. The normalized spacial score (nSPS) is 22.1. The van der Waals surface area contributed by atoms with Crippen molar-refractivity contribution >= 4 is 45.9 Å². The van der Waals surface area contributed by atoms with Crippen LogP contribution in [0.1, 0.15) is 75.8 Å². The first-order valence-corrected chi connectivity index (χ1v) is 16.8. The van der Waals surface area contributed by atoms with Gasteiger partial charge in [0.15, 0.2) is 16.8 Å². The highest BCUT2D eigenvalue weighted by Crippen LogP contribution is 2.37. The molecule has 2 heterocycles. The predicted molar refractivity (Wildman–Crippen MR) is 176 cm³/mol. The van der Waals surface area contributed by atoms with Crippen LogP contribution in [0.3, 0.4) is 0 Å². The standard InChI is InChI=1S/C33H41ClFN5O2S/c1-42-20-29(41)30-28(21-43-33(37-23-11-5-2-6-12-23)38-24-13-7-3-8-14-24)39-32(27-15-9-4-10-18-36-27)40-31(30)25-17-16-22(35)19-26(25)34/h4,9-10,15-17,19,23-24,31H,2-3,5-8,11-14,18,20-21H2,1H3,(H,37,38)(H,39,40). The topological polar surface area (TPSA) is 87.4 Å². The molecule has 0 amide bonds. The van der Waals surface area contributed by atoms with Crippen molar-refractivity contribution in [3.63, 3.8) is 0 Å². The molecule has 2 N–H and O–H groups in total. The summed E-state index contributed by atoms with van der Waals surface area (Å²) in [5, 5.41) is 8.37. The first-order chi connectivity index (χ1) is 21.0. The van der Waals surface area contributed by atoms with E-state index in [0.717, 1.165) is 30.9 Å². The minimum Gasteiger partial charge on any atom is -0.377 e. The van der Waals surface area contributed by atoms with Gasteiger partial charge in [-0.05, 0) is 43.9 Å². The molecule has 0 spiro atoms. The van der Waals surface area contributed by atoms with Crippen LogP contribution >= 0.6 is 23.4 Å². The number of nitrogens with one attached hydrogen (secondary N) is 2. The molecule has 0 radical (unpaired) electrons. The monoisotopic (exact) mass is 625 g/mol. The summed E-state index contributed by atoms with van der Waals surface area (Å²) < 4.78 is 19.4. The molecule has 230 valence electrons. The first-order valence-electron chi connectivity index (χ1n) is 15.4. The molecular weight excluding hydrogens is 585 g/mol. The minimum absolute atomic E-state index is 0.112. The lowest BCUT2D eigenvalue weighted by Gasteiger charge is -2.29. The number of rotatable bonds is 9. The van der Waals surface area contributed by atoms with Crippen LogP contribution in [-0.4, -0.2) is 60.6 Å². The molecule has 1 atom stereocenters. The smallest absolute Gasteiger partial charge is 0.188 e. The van der Waals surface area contributed by atoms with Crippen molar-refractivity contribution in [2.45, 2.75) is 82.3 Å². The number of ether oxygens (including phenoxy) is 1. The second-order valence-electron chi connectivity index (χ2n) is 11.4. The van der Waals surface area contributed by atoms with Crippen LogP contribution in [0.5, 0.6) is 0 Å². The Hall–Kier alpha value is -2.75. The number of benzene rings is 1. The summed E-state index contributed by atoms with van der Waals surface area (Å²) in [4.78, 5) is 28.5. The van der Waals surface area contributed by atoms with Gasteiger partial charge in [0, 0.05) is 40.8 Å². The Kier molecular flexibility index (Phi) is 11.7. The number of carbonyl (C=O) groups excluding carboxylic acids is 1. The summed E-state index contributed by atoms with van der Waals surface area (Å²) in [5.74, 6) is 0.348. The molecule has 2 aliphatic heterocycles. The summed E-state index contributed by atoms with van der Waals surface area (Å²) in [5.41, 5.74) is 2.39. The van der Waals surface area contributed by atoms with E-state index in [1.54, 1.807) is 17.8 Å². The predicted octanol–water partition coefficient (Wildman–Crippen LogP) is 6.90. The number of Topliss-reactive ketones (excluding diaryl/α,β-unsaturated/α-hetero) is 1. The average molecular weight is 626 g/mol. The fourth-order valence-corrected chi connectivity index (χ4v) is 7.27. The largest absolute Gasteiger partial charge is 0.377 e. The highest BCUT2D eigenvalue weighted by Gasteiger charge is 2.33. The van der Waals surface area contributed by atoms with E-state index in [9.17, 15) is 9.18 Å². The van der Waals surface area contributed by atoms with Gasteiger partial charge in [0.1, 0.15) is 24.2 Å². The van der Waals surface area contributed by atoms with Gasteiger partial charge >= 0.3 is 0 Å². The molecule has 0 saturated heterocycles. The molecule has 2 saturated carbocycles. The van der Waals surface area contributed by atoms with Crippen molar-refractivity contribution in [1.82, 2.24) is 10.6 Å². The summed E-state index contributed by atoms with van der Waals surface area (Å²) in [6.07, 6.45) is 19.7. The molecule has 7 nitrogen and oxygen atoms in total. The third-order valence-corrected chi connectivity index (χ3v) is 9.49. The zero-order valence-electron chi connectivity index (χ0n) is 24.8. The number of halogens is 2. The Morgan fingerprint density at radius 3 is 2.65 bits per heavy atom. The van der Waals surface area contributed by atoms with Gasteiger partial charge in [-0.1, -0.05) is 86.2 Å². The van der Waals surface area contributed by atoms with E-state index in [-0.39, 0.29) is 17.4 Å². The van der Waals surface area contributed by atoms with Crippen LogP contribution in [-0.2, 0) is 9.53 Å². The highest BCUT2D eigenvalue weighted by atomic mass is 35.5. The molecule has 1 unspecified atom stereocenters. The second-order valence-corrected chi connectivity index (χ2v) is 12.8. The number of allylic oxidation sites excluding steroid dienone is 2. The van der Waals surface area contributed by atoms with Crippen LogP contribution in [0, 0.1) is 5.82 Å². The quantitative estimate of drug-likeness (QED) is 0.230. The molecular formula is C33H41ClFN5O2S. The number of amidine groups is 2. The van der Waals surface area contributed by atoms with Gasteiger partial charge in [-0.15, -0.1) is 0 Å². The van der Waals surface area contributed by atoms with Crippen molar-refractivity contribution in [1.29, 1.82) is 0 Å². The number of aliphatic imine (C=N–C) groups is 3. The number of hydrogen-bond donors (Lipinski definition) is 2. The summed E-state index contributed by atoms with van der Waals surface area (Å²) in [6.45, 7) is 0.400. The maximum absolute atomic E-state index is 14.1. The maximum Gasteiger partial charge on any atom is 0.188 e. The van der Waals surface area contributed by atoms with Crippen molar-refractivity contribution < 1.29 is 13.9 Å². The third-order valence-electron chi connectivity index (χ3n) is 8.23. The van der Waals surface area contributed by atoms with E-state index >= 15 is 0 Å². The Bertz CT molecular complexity index is 1340. The van der Waals surface area contributed by atoms with E-state index in [2.05, 4.69) is 15.6 Å². The van der Waals surface area contributed by atoms with Crippen LogP contribution in [0.15, 0.2) is 68.8 Å². The van der Waals surface area contributed by atoms with Crippen LogP contribution in [0.2, 0.25) is 5.02 Å². The SMILES string of the molecule is COCC(=O)C1=C(CSC(=NC2CCCCC2)NC2CCCCC2)NC(C2=NCC=CC=C2)=NC1c1ccc(F)cc1Cl. The Balaban J connectivity index is 1.51. The fourth-order valence-electron chi connectivity index (χ4n) is 6.02. The molecule has 2 fully saturated rings. The van der Waals surface area contributed by atoms with E-state index in [1.807, 2.05) is 24.3 Å². The second kappa shape index (κ2) is 15.8. The van der Waals surface area contributed by atoms with Crippen molar-refractivity contribution in [3.8, 4) is 0 Å². The molecule has 10 heteroatoms. The minimum atomic E-state index is -0.750. The van der Waals surface area contributed by atoms with E-state index in [4.69, 9.17) is 26.3 Å². The van der Waals surface area contributed by atoms with E-state index in [1.165, 1.54) is 57.8 Å². The van der Waals surface area contributed by atoms with Crippen LogP contribution in [0.4, 0.5) is 4.39 Å². The lowest BCUT2D eigenvalue weighted by molar-refractivity contribution is -0.119. The molecule has 5 rings (SSSR count). The molecule has 0 bridgehead atoms. The lowest BCUT2D eigenvalue weighted by atomic mass is 9.92. The number of hydrogen-bond acceptors (Lipinski definition) is 7. The first kappa shape index (κ1) is 31.7. The van der Waals surface area contributed by atoms with Gasteiger partial charge in [-0.25, -0.2) is 4.39 Å². The van der Waals surface area contributed by atoms with Gasteiger partial charge in [-0.3, -0.25) is 19.8 Å². The van der Waals surface area contributed by atoms with Gasteiger partial charge < -0.3 is 15.4 Å². The zero-order valence-corrected chi connectivity index (χ0v) is 26.4. The summed E-state index contributed by atoms with van der Waals surface area (Å²) in [6, 6.07) is 4.19. The Morgan fingerprint density at radius 2 is 1.91 bits per heavy atom. The maximum atomic E-state index is 14.1. The van der Waals surface area contributed by atoms with Gasteiger partial charge in [0.2, 0.25) is 0 Å². The van der Waals surface area contributed by atoms with Gasteiger partial charge in [0.05, 0.1) is 12.6 Å².